The molecule has 0 atom stereocenters. The topological polar surface area (TPSA) is 77.7 Å². The summed E-state index contributed by atoms with van der Waals surface area (Å²) in [6, 6.07) is 12.9. The molecule has 0 radical (unpaired) electrons. The second-order valence-corrected chi connectivity index (χ2v) is 6.67. The highest BCUT2D eigenvalue weighted by Crippen LogP contribution is 2.20. The quantitative estimate of drug-likeness (QED) is 0.545. The van der Waals surface area contributed by atoms with Crippen LogP contribution in [0.2, 0.25) is 0 Å². The number of Topliss-reactive ketones (excluding diaryl/α,β-unsaturated/α-hetero) is 1. The lowest BCUT2D eigenvalue weighted by molar-refractivity contribution is -0.119. The Hall–Kier alpha value is -3.19. The number of carbonyl (C=O) groups excluding carboxylic acids is 1. The van der Waals surface area contributed by atoms with Crippen molar-refractivity contribution in [2.45, 2.75) is 13.0 Å². The van der Waals surface area contributed by atoms with Gasteiger partial charge in [-0.1, -0.05) is 18.2 Å². The van der Waals surface area contributed by atoms with Crippen molar-refractivity contribution >= 4 is 28.2 Å². The first-order valence-corrected chi connectivity index (χ1v) is 8.91. The van der Waals surface area contributed by atoms with Gasteiger partial charge < -0.3 is 0 Å². The van der Waals surface area contributed by atoms with Crippen molar-refractivity contribution in [3.8, 4) is 11.4 Å². The molecule has 0 saturated carbocycles. The van der Waals surface area contributed by atoms with E-state index in [9.17, 15) is 9.59 Å². The maximum Gasteiger partial charge on any atom is 0.269 e. The minimum absolute atomic E-state index is 0.000364. The molecule has 0 spiro atoms. The van der Waals surface area contributed by atoms with Crippen LogP contribution in [0.25, 0.3) is 22.4 Å². The second-order valence-electron chi connectivity index (χ2n) is 5.73. The lowest BCUT2D eigenvalue weighted by atomic mass is 10.2. The van der Waals surface area contributed by atoms with E-state index in [-0.39, 0.29) is 24.3 Å². The third kappa shape index (κ3) is 3.29. The molecular weight excluding hydrogens is 348 g/mol. The van der Waals surface area contributed by atoms with Crippen LogP contribution in [0.15, 0.2) is 65.0 Å². The van der Waals surface area contributed by atoms with Crippen molar-refractivity contribution < 1.29 is 4.79 Å². The fourth-order valence-corrected chi connectivity index (χ4v) is 3.52. The first-order valence-electron chi connectivity index (χ1n) is 8.03. The lowest BCUT2D eigenvalue weighted by Crippen LogP contribution is -2.25. The Balaban J connectivity index is 1.55. The minimum Gasteiger partial charge on any atom is -0.298 e. The Kier molecular flexibility index (Phi) is 4.37. The monoisotopic (exact) mass is 362 g/mol. The van der Waals surface area contributed by atoms with Gasteiger partial charge in [0.2, 0.25) is 0 Å². The number of aromatic nitrogens is 4. The molecule has 7 heteroatoms. The van der Waals surface area contributed by atoms with Crippen LogP contribution in [-0.4, -0.2) is 25.3 Å². The van der Waals surface area contributed by atoms with Gasteiger partial charge in [-0.25, -0.2) is 9.97 Å². The van der Waals surface area contributed by atoms with E-state index in [1.54, 1.807) is 12.3 Å². The fraction of sp³-hybridized carbons (Fsp3) is 0.105. The van der Waals surface area contributed by atoms with Gasteiger partial charge in [-0.15, -0.1) is 11.3 Å². The number of fused-ring (bicyclic) bond motifs is 1. The number of carbonyl (C=O) groups is 1. The van der Waals surface area contributed by atoms with Gasteiger partial charge in [0.1, 0.15) is 5.01 Å². The third-order valence-corrected chi connectivity index (χ3v) is 4.76. The number of rotatable bonds is 5. The van der Waals surface area contributed by atoms with Gasteiger partial charge in [-0.2, -0.15) is 0 Å². The Morgan fingerprint density at radius 3 is 2.73 bits per heavy atom. The number of ketones is 1. The molecule has 0 bridgehead atoms. The van der Waals surface area contributed by atoms with E-state index in [1.807, 2.05) is 41.8 Å². The van der Waals surface area contributed by atoms with Gasteiger partial charge in [0, 0.05) is 11.6 Å². The Morgan fingerprint density at radius 2 is 1.88 bits per heavy atom. The number of benzene rings is 1. The minimum atomic E-state index is -0.287. The van der Waals surface area contributed by atoms with E-state index in [4.69, 9.17) is 0 Å². The second kappa shape index (κ2) is 6.97. The van der Waals surface area contributed by atoms with Crippen molar-refractivity contribution in [2.75, 3.05) is 0 Å². The smallest absolute Gasteiger partial charge is 0.269 e. The van der Waals surface area contributed by atoms with Crippen molar-refractivity contribution in [2.24, 2.45) is 0 Å². The number of thiazole rings is 1. The van der Waals surface area contributed by atoms with E-state index in [0.717, 1.165) is 11.4 Å². The van der Waals surface area contributed by atoms with Crippen LogP contribution in [0.5, 0.6) is 0 Å². The van der Waals surface area contributed by atoms with Gasteiger partial charge in [0.25, 0.3) is 5.56 Å². The van der Waals surface area contributed by atoms with Crippen LogP contribution in [0.4, 0.5) is 0 Å². The molecule has 0 saturated heterocycles. The summed E-state index contributed by atoms with van der Waals surface area (Å²) >= 11 is 1.42. The van der Waals surface area contributed by atoms with Crippen LogP contribution in [-0.2, 0) is 17.8 Å². The van der Waals surface area contributed by atoms with Crippen LogP contribution >= 0.6 is 11.3 Å². The molecule has 6 nitrogen and oxygen atoms in total. The number of para-hydroxylation sites is 2. The summed E-state index contributed by atoms with van der Waals surface area (Å²) in [6.07, 6.45) is 3.14. The summed E-state index contributed by atoms with van der Waals surface area (Å²) in [5, 5.41) is 2.60. The van der Waals surface area contributed by atoms with Gasteiger partial charge >= 0.3 is 0 Å². The number of hydrogen-bond acceptors (Lipinski definition) is 6. The van der Waals surface area contributed by atoms with Gasteiger partial charge in [0.05, 0.1) is 41.6 Å². The van der Waals surface area contributed by atoms with Gasteiger partial charge in [0.15, 0.2) is 5.78 Å². The molecule has 26 heavy (non-hydrogen) atoms. The van der Waals surface area contributed by atoms with Crippen LogP contribution in [0, 0.1) is 0 Å². The molecule has 1 aromatic carbocycles. The Labute approximate surface area is 152 Å². The molecule has 4 rings (SSSR count). The molecular formula is C19H14N4O2S. The maximum atomic E-state index is 12.5. The summed E-state index contributed by atoms with van der Waals surface area (Å²) in [6.45, 7) is 0.000364. The highest BCUT2D eigenvalue weighted by atomic mass is 32.1. The Morgan fingerprint density at radius 1 is 1.04 bits per heavy atom. The van der Waals surface area contributed by atoms with E-state index < -0.39 is 0 Å². The highest BCUT2D eigenvalue weighted by Gasteiger charge is 2.13. The zero-order valence-corrected chi connectivity index (χ0v) is 14.5. The fourth-order valence-electron chi connectivity index (χ4n) is 2.70. The average molecular weight is 362 g/mol. The van der Waals surface area contributed by atoms with Crippen molar-refractivity contribution in [1.82, 2.24) is 19.5 Å². The third-order valence-electron chi connectivity index (χ3n) is 3.91. The molecule has 0 unspecified atom stereocenters. The predicted octanol–water partition coefficient (Wildman–Crippen LogP) is 2.73. The zero-order valence-electron chi connectivity index (χ0n) is 13.7. The molecule has 0 fully saturated rings. The van der Waals surface area contributed by atoms with E-state index in [0.29, 0.717) is 16.0 Å². The van der Waals surface area contributed by atoms with E-state index >= 15 is 0 Å². The Bertz CT molecular complexity index is 1130. The van der Waals surface area contributed by atoms with Gasteiger partial charge in [-0.05, 0) is 24.3 Å². The van der Waals surface area contributed by atoms with Gasteiger partial charge in [-0.3, -0.25) is 19.1 Å². The molecule has 0 N–H and O–H groups in total. The van der Waals surface area contributed by atoms with E-state index in [1.165, 1.54) is 22.1 Å². The largest absolute Gasteiger partial charge is 0.298 e. The molecule has 0 aliphatic carbocycles. The highest BCUT2D eigenvalue weighted by molar-refractivity contribution is 7.10. The zero-order chi connectivity index (χ0) is 17.9. The molecule has 0 amide bonds. The summed E-state index contributed by atoms with van der Waals surface area (Å²) in [7, 11) is 0. The summed E-state index contributed by atoms with van der Waals surface area (Å²) < 4.78 is 1.46. The summed E-state index contributed by atoms with van der Waals surface area (Å²) in [5.41, 5.74) is 2.59. The number of nitrogens with zero attached hydrogens (tertiary/aromatic N) is 4. The normalized spacial score (nSPS) is 10.9. The van der Waals surface area contributed by atoms with Crippen molar-refractivity contribution in [3.05, 3.63) is 75.6 Å². The van der Waals surface area contributed by atoms with Crippen LogP contribution in [0.3, 0.4) is 0 Å². The average Bonchev–Trinajstić information content (AvgIpc) is 3.13. The molecule has 128 valence electrons. The molecule has 4 aromatic rings. The molecule has 3 aromatic heterocycles. The number of pyridine rings is 1. The van der Waals surface area contributed by atoms with Crippen molar-refractivity contribution in [3.63, 3.8) is 0 Å². The van der Waals surface area contributed by atoms with Crippen molar-refractivity contribution in [1.29, 1.82) is 0 Å². The summed E-state index contributed by atoms with van der Waals surface area (Å²) in [4.78, 5) is 37.5. The lowest BCUT2D eigenvalue weighted by Gasteiger charge is -2.08. The van der Waals surface area contributed by atoms with Crippen LogP contribution < -0.4 is 5.56 Å². The molecule has 0 aliphatic heterocycles. The summed E-state index contributed by atoms with van der Waals surface area (Å²) in [5.74, 6) is -0.0784. The van der Waals surface area contributed by atoms with E-state index in [2.05, 4.69) is 15.0 Å². The molecule has 0 aliphatic rings. The SMILES string of the molecule is O=C(Cc1nc(-c2ccccn2)cs1)Cn1c(=O)cnc2ccccc21. The first kappa shape index (κ1) is 16.3. The number of hydrogen-bond donors (Lipinski definition) is 0. The molecule has 3 heterocycles. The predicted molar refractivity (Wildman–Crippen MR) is 100 cm³/mol. The first-order chi connectivity index (χ1) is 12.7. The van der Waals surface area contributed by atoms with Crippen LogP contribution in [0.1, 0.15) is 5.01 Å². The standard InChI is InChI=1S/C19H14N4O2S/c24-13(9-18-22-16(12-26-18)14-5-3-4-8-20-14)11-23-17-7-2-1-6-15(17)21-10-19(23)25/h1-8,10,12H,9,11H2. The maximum absolute atomic E-state index is 12.5.